The molecule has 0 saturated carbocycles. The molecule has 1 heterocycles. The number of nitrogens with one attached hydrogen (secondary N) is 2. The minimum atomic E-state index is -0.240. The average molecular weight is 260 g/mol. The third kappa shape index (κ3) is 3.64. The predicted molar refractivity (Wildman–Crippen MR) is 75.2 cm³/mol. The minimum absolute atomic E-state index is 0.240. The summed E-state index contributed by atoms with van der Waals surface area (Å²) in [5.41, 5.74) is 1.67. The molecule has 2 rings (SSSR count). The molecule has 1 aromatic heterocycles. The van der Waals surface area contributed by atoms with E-state index in [0.29, 0.717) is 11.8 Å². The molecule has 0 saturated heterocycles. The molecule has 2 aromatic rings. The topological polar surface area (TPSA) is 49.8 Å². The van der Waals surface area contributed by atoms with Gasteiger partial charge in [0.1, 0.15) is 11.6 Å². The molecule has 0 amide bonds. The Hall–Kier alpha value is -2.17. The number of halogens is 1. The largest absolute Gasteiger partial charge is 0.354 e. The number of rotatable bonds is 5. The summed E-state index contributed by atoms with van der Waals surface area (Å²) in [5, 5.41) is 6.28. The number of hydrogen-bond acceptors (Lipinski definition) is 4. The van der Waals surface area contributed by atoms with E-state index in [2.05, 4.69) is 27.5 Å². The van der Waals surface area contributed by atoms with Crippen LogP contribution >= 0.6 is 0 Å². The normalized spacial score (nSPS) is 10.3. The van der Waals surface area contributed by atoms with E-state index in [1.807, 2.05) is 6.92 Å². The molecule has 0 fully saturated rings. The number of aromatic nitrogens is 2. The first-order chi connectivity index (χ1) is 9.19. The Bertz CT molecular complexity index is 557. The van der Waals surface area contributed by atoms with Crippen molar-refractivity contribution in [3.63, 3.8) is 0 Å². The van der Waals surface area contributed by atoms with Crippen molar-refractivity contribution >= 4 is 17.5 Å². The monoisotopic (exact) mass is 260 g/mol. The Morgan fingerprint density at radius 1 is 1.26 bits per heavy atom. The second kappa shape index (κ2) is 6.13. The average Bonchev–Trinajstić information content (AvgIpc) is 2.40. The van der Waals surface area contributed by atoms with Gasteiger partial charge in [-0.15, -0.1) is 0 Å². The van der Waals surface area contributed by atoms with Crippen LogP contribution in [0.2, 0.25) is 0 Å². The van der Waals surface area contributed by atoms with Gasteiger partial charge in [0.05, 0.1) is 0 Å². The van der Waals surface area contributed by atoms with Crippen LogP contribution in [0.15, 0.2) is 30.5 Å². The van der Waals surface area contributed by atoms with Crippen molar-refractivity contribution in [2.75, 3.05) is 17.2 Å². The summed E-state index contributed by atoms with van der Waals surface area (Å²) < 4.78 is 13.0. The smallest absolute Gasteiger partial charge is 0.224 e. The van der Waals surface area contributed by atoms with Crippen LogP contribution in [-0.2, 0) is 0 Å². The summed E-state index contributed by atoms with van der Waals surface area (Å²) >= 11 is 0. The van der Waals surface area contributed by atoms with Crippen LogP contribution < -0.4 is 10.6 Å². The van der Waals surface area contributed by atoms with Gasteiger partial charge < -0.3 is 10.6 Å². The lowest BCUT2D eigenvalue weighted by atomic mass is 10.2. The zero-order chi connectivity index (χ0) is 13.7. The highest BCUT2D eigenvalue weighted by Crippen LogP contribution is 2.20. The Balaban J connectivity index is 2.14. The van der Waals surface area contributed by atoms with Crippen molar-refractivity contribution in [2.45, 2.75) is 20.3 Å². The fourth-order valence-electron chi connectivity index (χ4n) is 1.66. The van der Waals surface area contributed by atoms with E-state index in [-0.39, 0.29) is 5.82 Å². The molecule has 0 bridgehead atoms. The van der Waals surface area contributed by atoms with Crippen molar-refractivity contribution in [2.24, 2.45) is 0 Å². The molecule has 0 aliphatic rings. The Labute approximate surface area is 112 Å². The third-order valence-electron chi connectivity index (χ3n) is 2.64. The molecular weight excluding hydrogens is 243 g/mol. The molecule has 0 radical (unpaired) electrons. The van der Waals surface area contributed by atoms with E-state index in [4.69, 9.17) is 0 Å². The van der Waals surface area contributed by atoms with Gasteiger partial charge in [0.2, 0.25) is 5.95 Å². The van der Waals surface area contributed by atoms with Crippen molar-refractivity contribution in [1.82, 2.24) is 9.97 Å². The molecule has 5 heteroatoms. The van der Waals surface area contributed by atoms with Gasteiger partial charge in [-0.25, -0.2) is 9.37 Å². The highest BCUT2D eigenvalue weighted by Gasteiger charge is 2.03. The molecule has 19 heavy (non-hydrogen) atoms. The number of nitrogens with zero attached hydrogens (tertiary/aromatic N) is 2. The molecule has 100 valence electrons. The second-order valence-electron chi connectivity index (χ2n) is 4.28. The van der Waals surface area contributed by atoms with Crippen LogP contribution in [0, 0.1) is 12.7 Å². The summed E-state index contributed by atoms with van der Waals surface area (Å²) in [7, 11) is 0. The first kappa shape index (κ1) is 13.3. The molecule has 0 atom stereocenters. The van der Waals surface area contributed by atoms with Gasteiger partial charge in [0.25, 0.3) is 0 Å². The van der Waals surface area contributed by atoms with E-state index in [0.717, 1.165) is 24.2 Å². The van der Waals surface area contributed by atoms with Crippen LogP contribution in [0.3, 0.4) is 0 Å². The molecule has 0 spiro atoms. The summed E-state index contributed by atoms with van der Waals surface area (Å²) in [6.07, 6.45) is 2.70. The Morgan fingerprint density at radius 2 is 2.11 bits per heavy atom. The molecule has 0 aliphatic heterocycles. The fourth-order valence-corrected chi connectivity index (χ4v) is 1.66. The zero-order valence-electron chi connectivity index (χ0n) is 11.1. The molecule has 2 N–H and O–H groups in total. The third-order valence-corrected chi connectivity index (χ3v) is 2.64. The zero-order valence-corrected chi connectivity index (χ0v) is 11.1. The van der Waals surface area contributed by atoms with Gasteiger partial charge in [-0.2, -0.15) is 4.98 Å². The van der Waals surface area contributed by atoms with Gasteiger partial charge in [0.15, 0.2) is 0 Å². The van der Waals surface area contributed by atoms with Crippen molar-refractivity contribution in [3.8, 4) is 0 Å². The molecule has 1 aromatic carbocycles. The van der Waals surface area contributed by atoms with E-state index in [9.17, 15) is 4.39 Å². The van der Waals surface area contributed by atoms with Crippen LogP contribution in [0.1, 0.15) is 18.9 Å². The lowest BCUT2D eigenvalue weighted by Gasteiger charge is -2.10. The molecular formula is C14H17FN4. The number of hydrogen-bond donors (Lipinski definition) is 2. The Morgan fingerprint density at radius 3 is 2.84 bits per heavy atom. The molecule has 4 nitrogen and oxygen atoms in total. The van der Waals surface area contributed by atoms with E-state index >= 15 is 0 Å². The summed E-state index contributed by atoms with van der Waals surface area (Å²) in [4.78, 5) is 8.47. The minimum Gasteiger partial charge on any atom is -0.354 e. The summed E-state index contributed by atoms with van der Waals surface area (Å²) in [6.45, 7) is 4.76. The summed E-state index contributed by atoms with van der Waals surface area (Å²) in [6, 6.07) is 6.39. The quantitative estimate of drug-likeness (QED) is 0.864. The van der Waals surface area contributed by atoms with Crippen molar-refractivity contribution in [3.05, 3.63) is 41.8 Å². The molecule has 0 unspecified atom stereocenters. The van der Waals surface area contributed by atoms with Crippen molar-refractivity contribution in [1.29, 1.82) is 0 Å². The van der Waals surface area contributed by atoms with Gasteiger partial charge in [-0.1, -0.05) is 6.92 Å². The maximum absolute atomic E-state index is 13.0. The number of benzene rings is 1. The number of aryl methyl sites for hydroxylation is 1. The summed E-state index contributed by atoms with van der Waals surface area (Å²) in [5.74, 6) is 1.03. The predicted octanol–water partition coefficient (Wildman–Crippen LogP) is 3.49. The fraction of sp³-hybridized carbons (Fsp3) is 0.286. The number of anilines is 3. The van der Waals surface area contributed by atoms with Gasteiger partial charge in [-0.05, 0) is 43.2 Å². The standard InChI is InChI=1S/C14H17FN4/c1-3-7-16-14-17-8-6-13(19-14)18-12-5-4-11(15)9-10(12)2/h4-6,8-9H,3,7H2,1-2H3,(H2,16,17,18,19). The highest BCUT2D eigenvalue weighted by molar-refractivity contribution is 5.60. The molecule has 0 aliphatic carbocycles. The van der Waals surface area contributed by atoms with Crippen LogP contribution in [-0.4, -0.2) is 16.5 Å². The van der Waals surface area contributed by atoms with E-state index in [1.165, 1.54) is 12.1 Å². The first-order valence-corrected chi connectivity index (χ1v) is 6.29. The first-order valence-electron chi connectivity index (χ1n) is 6.29. The maximum atomic E-state index is 13.0. The van der Waals surface area contributed by atoms with Crippen LogP contribution in [0.4, 0.5) is 21.8 Å². The lowest BCUT2D eigenvalue weighted by molar-refractivity contribution is 0.627. The van der Waals surface area contributed by atoms with Crippen LogP contribution in [0.25, 0.3) is 0 Å². The maximum Gasteiger partial charge on any atom is 0.224 e. The lowest BCUT2D eigenvalue weighted by Crippen LogP contribution is -2.05. The van der Waals surface area contributed by atoms with Crippen molar-refractivity contribution < 1.29 is 4.39 Å². The van der Waals surface area contributed by atoms with Crippen LogP contribution in [0.5, 0.6) is 0 Å². The van der Waals surface area contributed by atoms with E-state index < -0.39 is 0 Å². The van der Waals surface area contributed by atoms with E-state index in [1.54, 1.807) is 18.3 Å². The van der Waals surface area contributed by atoms with Gasteiger partial charge in [0, 0.05) is 18.4 Å². The second-order valence-corrected chi connectivity index (χ2v) is 4.28. The van der Waals surface area contributed by atoms with Gasteiger partial charge >= 0.3 is 0 Å². The Kier molecular flexibility index (Phi) is 4.28. The van der Waals surface area contributed by atoms with Gasteiger partial charge in [-0.3, -0.25) is 0 Å². The highest BCUT2D eigenvalue weighted by atomic mass is 19.1. The SMILES string of the molecule is CCCNc1nccc(Nc2ccc(F)cc2C)n1.